The molecule has 2 rings (SSSR count). The van der Waals surface area contributed by atoms with Crippen LogP contribution in [-0.4, -0.2) is 26.0 Å². The first-order valence-corrected chi connectivity index (χ1v) is 5.82. The predicted octanol–water partition coefficient (Wildman–Crippen LogP) is 1.20. The molecule has 0 bridgehead atoms. The molecule has 1 aromatic carbocycles. The molecule has 1 heterocycles. The van der Waals surface area contributed by atoms with Gasteiger partial charge in [0.2, 0.25) is 0 Å². The van der Waals surface area contributed by atoms with Crippen LogP contribution in [0.4, 0.5) is 0 Å². The van der Waals surface area contributed by atoms with E-state index in [0.717, 1.165) is 10.0 Å². The summed E-state index contributed by atoms with van der Waals surface area (Å²) in [7, 11) is 3.19. The monoisotopic (exact) mass is 297 g/mol. The van der Waals surface area contributed by atoms with Crippen LogP contribution < -0.4 is 15.4 Å². The normalized spacial score (nSPS) is 21.2. The number of carbonyl (C=O) groups is 1. The summed E-state index contributed by atoms with van der Waals surface area (Å²) in [5.41, 5.74) is 0.776. The van der Waals surface area contributed by atoms with Gasteiger partial charge < -0.3 is 10.1 Å². The first kappa shape index (κ1) is 11.9. The highest BCUT2D eigenvalue weighted by atomic mass is 79.9. The van der Waals surface area contributed by atoms with Crippen molar-refractivity contribution in [1.82, 2.24) is 10.6 Å². The highest BCUT2D eigenvalue weighted by Crippen LogP contribution is 2.29. The first-order chi connectivity index (χ1) is 8.15. The van der Waals surface area contributed by atoms with Crippen molar-refractivity contribution in [3.63, 3.8) is 0 Å². The number of methoxy groups -OCH3 is 1. The molecule has 1 aromatic rings. The molecule has 0 saturated carbocycles. The van der Waals surface area contributed by atoms with E-state index in [0.29, 0.717) is 11.7 Å². The van der Waals surface area contributed by atoms with Crippen LogP contribution in [0.25, 0.3) is 0 Å². The lowest BCUT2D eigenvalue weighted by Crippen LogP contribution is -2.24. The van der Waals surface area contributed by atoms with Gasteiger partial charge in [0.05, 0.1) is 7.11 Å². The van der Waals surface area contributed by atoms with Crippen LogP contribution in [0, 0.1) is 0 Å². The molecule has 0 aliphatic carbocycles. The van der Waals surface area contributed by atoms with Gasteiger partial charge in [0, 0.05) is 17.1 Å². The average Bonchev–Trinajstić information content (AvgIpc) is 2.70. The highest BCUT2D eigenvalue weighted by molar-refractivity contribution is 9.10. The van der Waals surface area contributed by atoms with Crippen LogP contribution in [0.3, 0.4) is 0 Å². The van der Waals surface area contributed by atoms with E-state index in [1.807, 2.05) is 18.2 Å². The Bertz CT molecular complexity index is 488. The summed E-state index contributed by atoms with van der Waals surface area (Å²) in [6.07, 6.45) is 0. The average molecular weight is 298 g/mol. The van der Waals surface area contributed by atoms with E-state index in [-0.39, 0.29) is 5.91 Å². The SMILES string of the molecule is CN=C1NC(=O)C(c2cc(Br)ccc2OC)N1. The fourth-order valence-corrected chi connectivity index (χ4v) is 2.08. The Hall–Kier alpha value is -1.56. The number of halogens is 1. The van der Waals surface area contributed by atoms with E-state index in [9.17, 15) is 4.79 Å². The summed E-state index contributed by atoms with van der Waals surface area (Å²) < 4.78 is 6.14. The summed E-state index contributed by atoms with van der Waals surface area (Å²) in [5, 5.41) is 5.65. The Morgan fingerprint density at radius 3 is 2.82 bits per heavy atom. The Kier molecular flexibility index (Phi) is 3.33. The third-order valence-electron chi connectivity index (χ3n) is 2.51. The topological polar surface area (TPSA) is 62.7 Å². The maximum atomic E-state index is 11.8. The molecule has 1 saturated heterocycles. The molecule has 1 aliphatic heterocycles. The summed E-state index contributed by atoms with van der Waals surface area (Å²) in [5.74, 6) is 1.00. The van der Waals surface area contributed by atoms with Crippen molar-refractivity contribution >= 4 is 27.8 Å². The molecule has 6 heteroatoms. The van der Waals surface area contributed by atoms with Crippen LogP contribution in [0.1, 0.15) is 11.6 Å². The van der Waals surface area contributed by atoms with Gasteiger partial charge in [-0.1, -0.05) is 15.9 Å². The van der Waals surface area contributed by atoms with Crippen molar-refractivity contribution in [2.24, 2.45) is 4.99 Å². The number of carbonyl (C=O) groups excluding carboxylic acids is 1. The Morgan fingerprint density at radius 2 is 2.24 bits per heavy atom. The summed E-state index contributed by atoms with van der Waals surface area (Å²) in [6.45, 7) is 0. The maximum Gasteiger partial charge on any atom is 0.254 e. The van der Waals surface area contributed by atoms with Crippen LogP contribution in [-0.2, 0) is 4.79 Å². The van der Waals surface area contributed by atoms with Crippen molar-refractivity contribution in [3.8, 4) is 5.75 Å². The number of ether oxygens (including phenoxy) is 1. The number of hydrogen-bond donors (Lipinski definition) is 2. The molecular weight excluding hydrogens is 286 g/mol. The lowest BCUT2D eigenvalue weighted by molar-refractivity contribution is -0.120. The zero-order chi connectivity index (χ0) is 12.4. The largest absolute Gasteiger partial charge is 0.496 e. The van der Waals surface area contributed by atoms with E-state index in [1.165, 1.54) is 0 Å². The number of guanidine groups is 1. The highest BCUT2D eigenvalue weighted by Gasteiger charge is 2.31. The van der Waals surface area contributed by atoms with Gasteiger partial charge >= 0.3 is 0 Å². The molecule has 5 nitrogen and oxygen atoms in total. The molecule has 17 heavy (non-hydrogen) atoms. The van der Waals surface area contributed by atoms with E-state index in [1.54, 1.807) is 14.2 Å². The number of aliphatic imine (C=N–C) groups is 1. The van der Waals surface area contributed by atoms with Gasteiger partial charge in [-0.2, -0.15) is 0 Å². The molecule has 1 atom stereocenters. The summed E-state index contributed by atoms with van der Waals surface area (Å²) in [4.78, 5) is 15.7. The molecule has 1 unspecified atom stereocenters. The standard InChI is InChI=1S/C11H12BrN3O2/c1-13-11-14-9(10(16)15-11)7-5-6(12)3-4-8(7)17-2/h3-5,9H,1-2H3,(H2,13,14,15,16). The van der Waals surface area contributed by atoms with E-state index < -0.39 is 6.04 Å². The molecule has 1 aliphatic rings. The second kappa shape index (κ2) is 4.75. The van der Waals surface area contributed by atoms with E-state index in [2.05, 4.69) is 31.6 Å². The molecule has 0 radical (unpaired) electrons. The number of nitrogens with one attached hydrogen (secondary N) is 2. The van der Waals surface area contributed by atoms with Crippen LogP contribution >= 0.6 is 15.9 Å². The smallest absolute Gasteiger partial charge is 0.254 e. The third-order valence-corrected chi connectivity index (χ3v) is 3.00. The first-order valence-electron chi connectivity index (χ1n) is 5.03. The number of nitrogens with zero attached hydrogens (tertiary/aromatic N) is 1. The predicted molar refractivity (Wildman–Crippen MR) is 68.1 cm³/mol. The minimum Gasteiger partial charge on any atom is -0.496 e. The molecule has 0 aromatic heterocycles. The molecule has 0 spiro atoms. The second-order valence-electron chi connectivity index (χ2n) is 3.53. The van der Waals surface area contributed by atoms with Crippen molar-refractivity contribution in [2.75, 3.05) is 14.2 Å². The van der Waals surface area contributed by atoms with Crippen LogP contribution in [0.5, 0.6) is 5.75 Å². The van der Waals surface area contributed by atoms with Crippen LogP contribution in [0.2, 0.25) is 0 Å². The quantitative estimate of drug-likeness (QED) is 0.862. The lowest BCUT2D eigenvalue weighted by atomic mass is 10.1. The zero-order valence-corrected chi connectivity index (χ0v) is 11.0. The van der Waals surface area contributed by atoms with Gasteiger partial charge in [0.25, 0.3) is 5.91 Å². The van der Waals surface area contributed by atoms with Gasteiger partial charge in [-0.05, 0) is 18.2 Å². The summed E-state index contributed by atoms with van der Waals surface area (Å²) >= 11 is 3.38. The maximum absolute atomic E-state index is 11.8. The van der Waals surface area contributed by atoms with Crippen LogP contribution in [0.15, 0.2) is 27.7 Å². The molecule has 2 N–H and O–H groups in total. The molecule has 1 fully saturated rings. The van der Waals surface area contributed by atoms with Crippen molar-refractivity contribution in [3.05, 3.63) is 28.2 Å². The molecule has 90 valence electrons. The van der Waals surface area contributed by atoms with Gasteiger partial charge in [0.1, 0.15) is 11.8 Å². The number of rotatable bonds is 2. The Labute approximate surface area is 107 Å². The van der Waals surface area contributed by atoms with Crippen molar-refractivity contribution in [1.29, 1.82) is 0 Å². The van der Waals surface area contributed by atoms with Gasteiger partial charge in [-0.25, -0.2) is 0 Å². The Balaban J connectivity index is 2.40. The fourth-order valence-electron chi connectivity index (χ4n) is 1.70. The van der Waals surface area contributed by atoms with E-state index in [4.69, 9.17) is 4.74 Å². The number of amides is 1. The molecular formula is C11H12BrN3O2. The fraction of sp³-hybridized carbons (Fsp3) is 0.273. The summed E-state index contributed by atoms with van der Waals surface area (Å²) in [6, 6.07) is 5.06. The third kappa shape index (κ3) is 2.26. The zero-order valence-electron chi connectivity index (χ0n) is 9.45. The molecule has 1 amide bonds. The minimum atomic E-state index is -0.471. The second-order valence-corrected chi connectivity index (χ2v) is 4.44. The van der Waals surface area contributed by atoms with E-state index >= 15 is 0 Å². The number of benzene rings is 1. The Morgan fingerprint density at radius 1 is 1.47 bits per heavy atom. The van der Waals surface area contributed by atoms with Gasteiger partial charge in [-0.15, -0.1) is 0 Å². The lowest BCUT2D eigenvalue weighted by Gasteiger charge is -2.13. The van der Waals surface area contributed by atoms with Crippen molar-refractivity contribution in [2.45, 2.75) is 6.04 Å². The van der Waals surface area contributed by atoms with Gasteiger partial charge in [0.15, 0.2) is 5.96 Å². The van der Waals surface area contributed by atoms with Gasteiger partial charge in [-0.3, -0.25) is 15.1 Å². The van der Waals surface area contributed by atoms with Crippen molar-refractivity contribution < 1.29 is 9.53 Å². The number of hydrogen-bond acceptors (Lipinski definition) is 3. The minimum absolute atomic E-state index is 0.137.